The number of rotatable bonds is 0. The molecule has 30 heavy (non-hydrogen) atoms. The van der Waals surface area contributed by atoms with Gasteiger partial charge in [0.25, 0.3) is 0 Å². The van der Waals surface area contributed by atoms with Crippen molar-refractivity contribution in [3.05, 3.63) is 70.8 Å². The lowest BCUT2D eigenvalue weighted by molar-refractivity contribution is 0.0429. The van der Waals surface area contributed by atoms with Crippen LogP contribution in [0.15, 0.2) is 53.3 Å². The number of nitrogens with zero attached hydrogens (tertiary/aromatic N) is 1. The molecule has 0 amide bonds. The van der Waals surface area contributed by atoms with Crippen molar-refractivity contribution in [2.75, 3.05) is 0 Å². The van der Waals surface area contributed by atoms with Gasteiger partial charge in [0.1, 0.15) is 31.6 Å². The molecule has 0 bridgehead atoms. The summed E-state index contributed by atoms with van der Waals surface area (Å²) in [5.74, 6) is 6.66. The predicted molar refractivity (Wildman–Crippen MR) is 122 cm³/mol. The summed E-state index contributed by atoms with van der Waals surface area (Å²) in [7, 11) is 5.63. The summed E-state index contributed by atoms with van der Waals surface area (Å²) in [5.41, 5.74) is 5.63. The summed E-state index contributed by atoms with van der Waals surface area (Å²) in [6.07, 6.45) is 4.01. The van der Waals surface area contributed by atoms with Crippen molar-refractivity contribution in [3.8, 4) is 23.3 Å². The highest BCUT2D eigenvalue weighted by Gasteiger charge is 2.26. The fourth-order valence-corrected chi connectivity index (χ4v) is 3.03. The first-order chi connectivity index (χ1) is 14.5. The van der Waals surface area contributed by atoms with E-state index < -0.39 is 5.82 Å². The Morgan fingerprint density at radius 1 is 1.13 bits per heavy atom. The lowest BCUT2D eigenvalue weighted by atomic mass is 9.93. The van der Waals surface area contributed by atoms with Gasteiger partial charge in [-0.25, -0.2) is 9.38 Å². The molecule has 0 aliphatic carbocycles. The van der Waals surface area contributed by atoms with E-state index >= 15 is 0 Å². The van der Waals surface area contributed by atoms with Crippen molar-refractivity contribution in [2.45, 2.75) is 46.3 Å². The molecule has 2 atom stereocenters. The van der Waals surface area contributed by atoms with Gasteiger partial charge < -0.3 is 9.47 Å². The first kappa shape index (κ1) is 21.5. The van der Waals surface area contributed by atoms with Gasteiger partial charge in [-0.15, -0.1) is 5.73 Å². The number of ether oxygens (including phenoxy) is 2. The van der Waals surface area contributed by atoms with Crippen molar-refractivity contribution in [3.63, 3.8) is 0 Å². The Kier molecular flexibility index (Phi) is 6.82. The monoisotopic (exact) mass is 401 g/mol. The molecule has 0 spiro atoms. The number of hydrogen-bond acceptors (Lipinski definition) is 3. The number of allylic oxidation sites excluding steroid dienone is 1. The lowest BCUT2D eigenvalue weighted by Gasteiger charge is -2.30. The molecule has 152 valence electrons. The normalized spacial score (nSPS) is 18.5. The van der Waals surface area contributed by atoms with Gasteiger partial charge in [0, 0.05) is 6.99 Å². The van der Waals surface area contributed by atoms with Crippen molar-refractivity contribution in [1.29, 1.82) is 0 Å². The van der Waals surface area contributed by atoms with Crippen LogP contribution in [0.1, 0.15) is 45.8 Å². The van der Waals surface area contributed by atoms with Gasteiger partial charge in [-0.2, -0.15) is 0 Å². The molecule has 3 nitrogen and oxygen atoms in total. The molecule has 2 heterocycles. The fourth-order valence-electron chi connectivity index (χ4n) is 3.03. The van der Waals surface area contributed by atoms with Crippen LogP contribution in [-0.4, -0.2) is 25.8 Å². The quantitative estimate of drug-likeness (QED) is 0.370. The molecule has 2 aliphatic heterocycles. The summed E-state index contributed by atoms with van der Waals surface area (Å²) in [4.78, 5) is 4.40. The molecule has 4 rings (SSSR count). The number of hydrogen-bond donors (Lipinski definition) is 0. The van der Waals surface area contributed by atoms with Crippen LogP contribution in [-0.2, 0) is 6.42 Å². The molecule has 2 unspecified atom stereocenters. The van der Waals surface area contributed by atoms with Gasteiger partial charge in [0.15, 0.2) is 11.5 Å². The molecule has 2 radical (unpaired) electrons. The van der Waals surface area contributed by atoms with Crippen LogP contribution in [0.2, 0.25) is 0 Å². The number of benzene rings is 2. The van der Waals surface area contributed by atoms with Gasteiger partial charge in [-0.3, -0.25) is 0 Å². The molecule has 2 aromatic carbocycles. The average molecular weight is 401 g/mol. The molecule has 5 heteroatoms. The molecule has 0 N–H and O–H groups in total. The first-order valence-electron chi connectivity index (χ1n) is 10.1. The van der Waals surface area contributed by atoms with Crippen LogP contribution in [0.25, 0.3) is 0 Å². The maximum absolute atomic E-state index is 14.2. The molecular weight excluding hydrogens is 376 g/mol. The van der Waals surface area contributed by atoms with Crippen molar-refractivity contribution < 1.29 is 15.3 Å². The Morgan fingerprint density at radius 2 is 1.83 bits per heavy atom. The van der Waals surface area contributed by atoms with Gasteiger partial charge in [-0.1, -0.05) is 37.4 Å². The number of halogens is 1. The third kappa shape index (κ3) is 4.51. The minimum Gasteiger partial charge on any atom is -0.483 e. The zero-order chi connectivity index (χ0) is 21.7. The Balaban J connectivity index is 0.00000111. The number of aliphatic imine (C=N–C) groups is 1. The van der Waals surface area contributed by atoms with E-state index in [2.05, 4.69) is 22.6 Å². The highest BCUT2D eigenvalue weighted by Crippen LogP contribution is 2.37. The minimum atomic E-state index is -0.526. The zero-order valence-corrected chi connectivity index (χ0v) is 17.6. The topological polar surface area (TPSA) is 30.8 Å². The smallest absolute Gasteiger partial charge is 0.162 e. The van der Waals surface area contributed by atoms with Crippen LogP contribution in [0.3, 0.4) is 0 Å². The molecule has 0 aromatic heterocycles. The Bertz CT molecular complexity index is 1110. The third-order valence-corrected chi connectivity index (χ3v) is 4.76. The summed E-state index contributed by atoms with van der Waals surface area (Å²) in [5, 5.41) is 0. The summed E-state index contributed by atoms with van der Waals surface area (Å²) in [6.45, 7) is 7.94. The summed E-state index contributed by atoms with van der Waals surface area (Å²) >= 11 is 0. The highest BCUT2D eigenvalue weighted by molar-refractivity contribution is 6.32. The molecule has 0 fully saturated rings. The van der Waals surface area contributed by atoms with E-state index in [1.807, 2.05) is 45.9 Å². The van der Waals surface area contributed by atoms with Crippen molar-refractivity contribution >= 4 is 19.0 Å². The maximum Gasteiger partial charge on any atom is 0.162 e. The van der Waals surface area contributed by atoms with Gasteiger partial charge >= 0.3 is 0 Å². The SMILES string of the molecule is CC.[B]c1cccc(C#CC2=NC=C=CCc3cc4c(cc32)OC(C)C(C)O4)c1F.[HH]. The molecule has 0 saturated heterocycles. The van der Waals surface area contributed by atoms with Crippen LogP contribution in [0.5, 0.6) is 11.5 Å². The van der Waals surface area contributed by atoms with Gasteiger partial charge in [-0.05, 0) is 56.0 Å². The van der Waals surface area contributed by atoms with E-state index in [-0.39, 0.29) is 24.7 Å². The van der Waals surface area contributed by atoms with Crippen LogP contribution < -0.4 is 14.9 Å². The van der Waals surface area contributed by atoms with E-state index in [0.29, 0.717) is 23.6 Å². The first-order valence-corrected chi connectivity index (χ1v) is 10.1. The highest BCUT2D eigenvalue weighted by atomic mass is 19.1. The standard InChI is InChI=1S/C23H17BFNO2.C2H6.H2/c1-14-15(2)28-22-13-18-17(12-21(22)27-14)6-3-4-11-26-20(18)10-9-16-7-5-8-19(24)23(16)25;1-2;/h3,5,7-8,11-15H,6H2,1-2H3;1-2H3;1H. The Hall–Kier alpha value is -3.22. The molecular formula is C25H25BFNO2. The Labute approximate surface area is 180 Å². The number of fused-ring (bicyclic) bond motifs is 2. The maximum atomic E-state index is 14.2. The molecule has 2 aromatic rings. The average Bonchev–Trinajstić information content (AvgIpc) is 2.73. The van der Waals surface area contributed by atoms with E-state index in [9.17, 15) is 4.39 Å². The van der Waals surface area contributed by atoms with Crippen LogP contribution in [0.4, 0.5) is 4.39 Å². The van der Waals surface area contributed by atoms with E-state index in [1.54, 1.807) is 18.3 Å². The largest absolute Gasteiger partial charge is 0.483 e. The Morgan fingerprint density at radius 3 is 2.57 bits per heavy atom. The lowest BCUT2D eigenvalue weighted by Crippen LogP contribution is -2.35. The van der Waals surface area contributed by atoms with Crippen LogP contribution in [0, 0.1) is 17.7 Å². The van der Waals surface area contributed by atoms with Crippen LogP contribution >= 0.6 is 0 Å². The fraction of sp³-hybridized carbons (Fsp3) is 0.280. The van der Waals surface area contributed by atoms with E-state index in [1.165, 1.54) is 6.07 Å². The van der Waals surface area contributed by atoms with Gasteiger partial charge in [0.05, 0.1) is 11.8 Å². The minimum absolute atomic E-state index is 0. The van der Waals surface area contributed by atoms with Crippen molar-refractivity contribution in [2.24, 2.45) is 4.99 Å². The second-order valence-corrected chi connectivity index (χ2v) is 6.74. The third-order valence-electron chi connectivity index (χ3n) is 4.76. The molecule has 2 aliphatic rings. The summed E-state index contributed by atoms with van der Waals surface area (Å²) in [6, 6.07) is 8.61. The summed E-state index contributed by atoms with van der Waals surface area (Å²) < 4.78 is 26.1. The zero-order valence-electron chi connectivity index (χ0n) is 17.6. The predicted octanol–water partition coefficient (Wildman–Crippen LogP) is 4.51. The van der Waals surface area contributed by atoms with E-state index in [0.717, 1.165) is 11.1 Å². The van der Waals surface area contributed by atoms with Gasteiger partial charge in [0.2, 0.25) is 0 Å². The second-order valence-electron chi connectivity index (χ2n) is 6.74. The molecule has 0 saturated carbocycles. The van der Waals surface area contributed by atoms with Crippen molar-refractivity contribution in [1.82, 2.24) is 0 Å². The van der Waals surface area contributed by atoms with E-state index in [4.69, 9.17) is 17.3 Å². The second kappa shape index (κ2) is 9.52.